The fourth-order valence-corrected chi connectivity index (χ4v) is 3.25. The van der Waals surface area contributed by atoms with Crippen molar-refractivity contribution in [3.05, 3.63) is 65.7 Å². The van der Waals surface area contributed by atoms with Crippen LogP contribution in [0.1, 0.15) is 33.6 Å². The SMILES string of the molecule is CN(C(=O)c1cccc(C(=O)NC2(CC(=O)O)CCOC2)c1)c1ccccc1. The van der Waals surface area contributed by atoms with E-state index >= 15 is 0 Å². The quantitative estimate of drug-likeness (QED) is 0.799. The minimum atomic E-state index is -1.00. The van der Waals surface area contributed by atoms with Gasteiger partial charge in [0.1, 0.15) is 0 Å². The van der Waals surface area contributed by atoms with Crippen molar-refractivity contribution in [2.45, 2.75) is 18.4 Å². The zero-order valence-corrected chi connectivity index (χ0v) is 15.6. The smallest absolute Gasteiger partial charge is 0.305 e. The van der Waals surface area contributed by atoms with Crippen LogP contribution < -0.4 is 10.2 Å². The van der Waals surface area contributed by atoms with Crippen molar-refractivity contribution in [1.29, 1.82) is 0 Å². The van der Waals surface area contributed by atoms with Gasteiger partial charge in [-0.05, 0) is 36.8 Å². The largest absolute Gasteiger partial charge is 0.481 e. The number of hydrogen-bond acceptors (Lipinski definition) is 4. The molecule has 0 spiro atoms. The zero-order chi connectivity index (χ0) is 20.1. The van der Waals surface area contributed by atoms with Crippen LogP contribution in [0, 0.1) is 0 Å². The third kappa shape index (κ3) is 4.37. The molecule has 28 heavy (non-hydrogen) atoms. The summed E-state index contributed by atoms with van der Waals surface area (Å²) >= 11 is 0. The topological polar surface area (TPSA) is 95.9 Å². The summed E-state index contributed by atoms with van der Waals surface area (Å²) in [5, 5.41) is 11.9. The van der Waals surface area contributed by atoms with Gasteiger partial charge >= 0.3 is 5.97 Å². The van der Waals surface area contributed by atoms with Crippen LogP contribution in [0.4, 0.5) is 5.69 Å². The Hall–Kier alpha value is -3.19. The van der Waals surface area contributed by atoms with E-state index < -0.39 is 17.4 Å². The van der Waals surface area contributed by atoms with E-state index in [1.165, 1.54) is 11.0 Å². The first-order chi connectivity index (χ1) is 13.4. The molecule has 3 rings (SSSR count). The molecule has 1 atom stereocenters. The van der Waals surface area contributed by atoms with Gasteiger partial charge in [0.2, 0.25) is 0 Å². The van der Waals surface area contributed by atoms with Crippen LogP contribution in [0.3, 0.4) is 0 Å². The molecule has 2 amide bonds. The van der Waals surface area contributed by atoms with Gasteiger partial charge in [0.05, 0.1) is 18.6 Å². The number of benzene rings is 2. The highest BCUT2D eigenvalue weighted by Crippen LogP contribution is 2.24. The molecule has 1 aliphatic heterocycles. The molecule has 1 fully saturated rings. The number of amides is 2. The molecule has 1 aliphatic rings. The van der Waals surface area contributed by atoms with Gasteiger partial charge in [-0.3, -0.25) is 14.4 Å². The number of anilines is 1. The maximum atomic E-state index is 12.8. The monoisotopic (exact) mass is 382 g/mol. The second-order valence-corrected chi connectivity index (χ2v) is 6.89. The zero-order valence-electron chi connectivity index (χ0n) is 15.6. The number of carboxylic acid groups (broad SMARTS) is 1. The lowest BCUT2D eigenvalue weighted by Gasteiger charge is -2.27. The average molecular weight is 382 g/mol. The maximum absolute atomic E-state index is 12.8. The number of carboxylic acids is 1. The summed E-state index contributed by atoms with van der Waals surface area (Å²) in [5.41, 5.74) is 0.479. The summed E-state index contributed by atoms with van der Waals surface area (Å²) in [4.78, 5) is 38.2. The molecule has 7 nitrogen and oxygen atoms in total. The van der Waals surface area contributed by atoms with Gasteiger partial charge in [-0.25, -0.2) is 0 Å². The highest BCUT2D eigenvalue weighted by Gasteiger charge is 2.38. The normalized spacial score (nSPS) is 18.5. The Labute approximate surface area is 162 Å². The Morgan fingerprint density at radius 1 is 1.11 bits per heavy atom. The minimum Gasteiger partial charge on any atom is -0.481 e. The molecule has 1 heterocycles. The van der Waals surface area contributed by atoms with Gasteiger partial charge in [-0.2, -0.15) is 0 Å². The maximum Gasteiger partial charge on any atom is 0.305 e. The van der Waals surface area contributed by atoms with E-state index in [1.807, 2.05) is 30.3 Å². The fourth-order valence-electron chi connectivity index (χ4n) is 3.25. The van der Waals surface area contributed by atoms with Crippen molar-refractivity contribution in [3.63, 3.8) is 0 Å². The van der Waals surface area contributed by atoms with Gasteiger partial charge in [-0.1, -0.05) is 24.3 Å². The average Bonchev–Trinajstić information content (AvgIpc) is 3.14. The van der Waals surface area contributed by atoms with Crippen LogP contribution in [0.2, 0.25) is 0 Å². The lowest BCUT2D eigenvalue weighted by atomic mass is 9.93. The van der Waals surface area contributed by atoms with Crippen LogP contribution in [0.25, 0.3) is 0 Å². The number of ether oxygens (including phenoxy) is 1. The minimum absolute atomic E-state index is 0.153. The fraction of sp³-hybridized carbons (Fsp3) is 0.286. The van der Waals surface area contributed by atoms with Crippen molar-refractivity contribution in [2.75, 3.05) is 25.2 Å². The van der Waals surface area contributed by atoms with E-state index in [-0.39, 0.29) is 18.9 Å². The number of para-hydroxylation sites is 1. The number of nitrogens with zero attached hydrogens (tertiary/aromatic N) is 1. The molecule has 2 aromatic carbocycles. The second-order valence-electron chi connectivity index (χ2n) is 6.89. The van der Waals surface area contributed by atoms with Gasteiger partial charge in [0.15, 0.2) is 0 Å². The first kappa shape index (κ1) is 19.6. The molecular formula is C21H22N2O5. The highest BCUT2D eigenvalue weighted by atomic mass is 16.5. The summed E-state index contributed by atoms with van der Waals surface area (Å²) in [7, 11) is 1.67. The molecule has 1 saturated heterocycles. The van der Waals surface area contributed by atoms with Gasteiger partial charge in [0.25, 0.3) is 11.8 Å². The van der Waals surface area contributed by atoms with Crippen molar-refractivity contribution >= 4 is 23.5 Å². The molecule has 0 bridgehead atoms. The number of nitrogens with one attached hydrogen (secondary N) is 1. The Kier molecular flexibility index (Phi) is 5.75. The Morgan fingerprint density at radius 2 is 1.82 bits per heavy atom. The predicted molar refractivity (Wildman–Crippen MR) is 104 cm³/mol. The highest BCUT2D eigenvalue weighted by molar-refractivity contribution is 6.07. The molecule has 2 aromatic rings. The summed E-state index contributed by atoms with van der Waals surface area (Å²) in [5.74, 6) is -1.67. The molecule has 2 N–H and O–H groups in total. The molecule has 1 unspecified atom stereocenters. The molecule has 0 aromatic heterocycles. The Bertz CT molecular complexity index is 875. The van der Waals surface area contributed by atoms with Crippen molar-refractivity contribution in [3.8, 4) is 0 Å². The van der Waals surface area contributed by atoms with Crippen LogP contribution in [0.5, 0.6) is 0 Å². The molecule has 0 saturated carbocycles. The summed E-state index contributed by atoms with van der Waals surface area (Å²) in [6.07, 6.45) is 0.217. The van der Waals surface area contributed by atoms with Crippen LogP contribution in [-0.4, -0.2) is 48.7 Å². The molecule has 146 valence electrons. The summed E-state index contributed by atoms with van der Waals surface area (Å²) in [6.45, 7) is 0.550. The summed E-state index contributed by atoms with van der Waals surface area (Å²) in [6, 6.07) is 15.6. The van der Waals surface area contributed by atoms with E-state index in [9.17, 15) is 14.4 Å². The second kappa shape index (κ2) is 8.22. The lowest BCUT2D eigenvalue weighted by molar-refractivity contribution is -0.138. The van der Waals surface area contributed by atoms with E-state index in [0.717, 1.165) is 5.69 Å². The van der Waals surface area contributed by atoms with Crippen LogP contribution in [-0.2, 0) is 9.53 Å². The van der Waals surface area contributed by atoms with E-state index in [4.69, 9.17) is 9.84 Å². The number of rotatable bonds is 6. The van der Waals surface area contributed by atoms with Crippen LogP contribution >= 0.6 is 0 Å². The first-order valence-corrected chi connectivity index (χ1v) is 8.95. The molecule has 0 radical (unpaired) electrons. The van der Waals surface area contributed by atoms with Gasteiger partial charge < -0.3 is 20.1 Å². The van der Waals surface area contributed by atoms with Gasteiger partial charge in [-0.15, -0.1) is 0 Å². The number of carbonyl (C=O) groups excluding carboxylic acids is 2. The Morgan fingerprint density at radius 3 is 2.46 bits per heavy atom. The van der Waals surface area contributed by atoms with E-state index in [2.05, 4.69) is 5.32 Å². The van der Waals surface area contributed by atoms with Crippen LogP contribution in [0.15, 0.2) is 54.6 Å². The number of aliphatic carboxylic acids is 1. The standard InChI is InChI=1S/C21H22N2O5/c1-23(17-8-3-2-4-9-17)20(27)16-7-5-6-15(12-16)19(26)22-21(13-18(24)25)10-11-28-14-21/h2-9,12H,10-11,13-14H2,1H3,(H,22,26)(H,24,25). The van der Waals surface area contributed by atoms with E-state index in [0.29, 0.717) is 24.2 Å². The molecule has 0 aliphatic carbocycles. The van der Waals surface area contributed by atoms with E-state index in [1.54, 1.807) is 25.2 Å². The molecule has 7 heteroatoms. The Balaban J connectivity index is 1.78. The third-order valence-corrected chi connectivity index (χ3v) is 4.79. The third-order valence-electron chi connectivity index (χ3n) is 4.79. The van der Waals surface area contributed by atoms with Gasteiger partial charge in [0, 0.05) is 30.5 Å². The number of hydrogen-bond donors (Lipinski definition) is 2. The number of carbonyl (C=O) groups is 3. The van der Waals surface area contributed by atoms with Crippen molar-refractivity contribution in [1.82, 2.24) is 5.32 Å². The van der Waals surface area contributed by atoms with Crippen molar-refractivity contribution < 1.29 is 24.2 Å². The lowest BCUT2D eigenvalue weighted by Crippen LogP contribution is -2.50. The summed E-state index contributed by atoms with van der Waals surface area (Å²) < 4.78 is 5.30. The van der Waals surface area contributed by atoms with Crippen molar-refractivity contribution in [2.24, 2.45) is 0 Å². The first-order valence-electron chi connectivity index (χ1n) is 8.95. The molecular weight excluding hydrogens is 360 g/mol. The predicted octanol–water partition coefficient (Wildman–Crippen LogP) is 2.33.